The molecule has 2 fully saturated rings. The van der Waals surface area contributed by atoms with E-state index in [0.29, 0.717) is 35.1 Å². The van der Waals surface area contributed by atoms with Gasteiger partial charge >= 0.3 is 0 Å². The molecule has 0 radical (unpaired) electrons. The highest BCUT2D eigenvalue weighted by molar-refractivity contribution is 5.85. The van der Waals surface area contributed by atoms with Crippen LogP contribution in [0.5, 0.6) is 11.5 Å². The Hall–Kier alpha value is -2.49. The largest absolute Gasteiger partial charge is 0.507 e. The quantitative estimate of drug-likeness (QED) is 0.708. The number of rotatable bonds is 5. The van der Waals surface area contributed by atoms with Gasteiger partial charge < -0.3 is 20.9 Å². The van der Waals surface area contributed by atoms with Gasteiger partial charge in [0.1, 0.15) is 23.4 Å². The average molecular weight is 401 g/mol. The Morgan fingerprint density at radius 1 is 1.25 bits per heavy atom. The Morgan fingerprint density at radius 3 is 2.68 bits per heavy atom. The van der Waals surface area contributed by atoms with Crippen LogP contribution in [0.1, 0.15) is 42.7 Å². The fraction of sp³-hybridized carbons (Fsp3) is 0.429. The molecular weight excluding hydrogens is 376 g/mol. The Morgan fingerprint density at radius 2 is 2.00 bits per heavy atom. The summed E-state index contributed by atoms with van der Waals surface area (Å²) in [6.07, 6.45) is 4.28. The predicted octanol–water partition coefficient (Wildman–Crippen LogP) is 3.59. The van der Waals surface area contributed by atoms with Crippen molar-refractivity contribution in [1.82, 2.24) is 10.3 Å². The number of anilines is 1. The molecule has 0 amide bonds. The van der Waals surface area contributed by atoms with Crippen LogP contribution in [0.4, 0.5) is 5.82 Å². The number of aromatic nitrogens is 1. The fourth-order valence-corrected chi connectivity index (χ4v) is 3.68. The van der Waals surface area contributed by atoms with E-state index in [1.807, 2.05) is 12.1 Å². The van der Waals surface area contributed by atoms with Gasteiger partial charge in [-0.05, 0) is 74.4 Å². The Labute approximate surface area is 171 Å². The molecule has 2 aliphatic rings. The van der Waals surface area contributed by atoms with Crippen LogP contribution < -0.4 is 15.8 Å². The van der Waals surface area contributed by atoms with E-state index in [0.717, 1.165) is 31.5 Å². The number of hydrogen-bond donors (Lipinski definition) is 3. The van der Waals surface area contributed by atoms with E-state index < -0.39 is 0 Å². The molecule has 4 N–H and O–H groups in total. The minimum atomic E-state index is 0. The second-order valence-electron chi connectivity index (χ2n) is 7.40. The van der Waals surface area contributed by atoms with Crippen molar-refractivity contribution < 1.29 is 9.84 Å². The normalized spacial score (nSPS) is 16.8. The molecule has 6 nitrogen and oxygen atoms in total. The highest BCUT2D eigenvalue weighted by Crippen LogP contribution is 2.41. The molecule has 1 aromatic carbocycles. The number of halogens is 1. The second-order valence-corrected chi connectivity index (χ2v) is 7.40. The van der Waals surface area contributed by atoms with Gasteiger partial charge in [-0.1, -0.05) is 6.07 Å². The maximum atomic E-state index is 10.5. The molecule has 1 aliphatic heterocycles. The van der Waals surface area contributed by atoms with E-state index in [4.69, 9.17) is 10.5 Å². The molecule has 1 saturated heterocycles. The Kier molecular flexibility index (Phi) is 6.28. The van der Waals surface area contributed by atoms with Crippen LogP contribution in [-0.4, -0.2) is 29.8 Å². The summed E-state index contributed by atoms with van der Waals surface area (Å²) in [5, 5.41) is 23.4. The van der Waals surface area contributed by atoms with Crippen LogP contribution >= 0.6 is 12.4 Å². The molecule has 1 saturated carbocycles. The van der Waals surface area contributed by atoms with Crippen molar-refractivity contribution in [3.05, 3.63) is 35.4 Å². The molecule has 0 bridgehead atoms. The van der Waals surface area contributed by atoms with Gasteiger partial charge in [-0.15, -0.1) is 12.4 Å². The van der Waals surface area contributed by atoms with Crippen LogP contribution in [0.25, 0.3) is 11.3 Å². The van der Waals surface area contributed by atoms with Crippen molar-refractivity contribution in [1.29, 1.82) is 5.26 Å². The predicted molar refractivity (Wildman–Crippen MR) is 111 cm³/mol. The zero-order chi connectivity index (χ0) is 18.8. The minimum Gasteiger partial charge on any atom is -0.507 e. The number of piperidine rings is 1. The number of ether oxygens (including phenoxy) is 1. The van der Waals surface area contributed by atoms with Gasteiger partial charge in [0.25, 0.3) is 0 Å². The maximum absolute atomic E-state index is 10.5. The first-order chi connectivity index (χ1) is 13.2. The first kappa shape index (κ1) is 20.2. The fourth-order valence-electron chi connectivity index (χ4n) is 3.68. The molecule has 2 heterocycles. The van der Waals surface area contributed by atoms with Crippen molar-refractivity contribution in [2.24, 2.45) is 5.92 Å². The average Bonchev–Trinajstić information content (AvgIpc) is 3.51. The third-order valence-electron chi connectivity index (χ3n) is 5.40. The minimum absolute atomic E-state index is 0. The van der Waals surface area contributed by atoms with Crippen LogP contribution in [0.15, 0.2) is 24.3 Å². The molecule has 0 spiro atoms. The summed E-state index contributed by atoms with van der Waals surface area (Å²) in [5.41, 5.74) is 8.60. The number of nitriles is 1. The summed E-state index contributed by atoms with van der Waals surface area (Å²) in [4.78, 5) is 4.43. The van der Waals surface area contributed by atoms with Gasteiger partial charge in [0.05, 0.1) is 23.4 Å². The number of pyridine rings is 1. The van der Waals surface area contributed by atoms with Crippen molar-refractivity contribution in [3.63, 3.8) is 0 Å². The van der Waals surface area contributed by atoms with E-state index >= 15 is 0 Å². The number of hydrogen-bond acceptors (Lipinski definition) is 6. The molecular formula is C21H25ClN4O2. The van der Waals surface area contributed by atoms with Crippen molar-refractivity contribution in [3.8, 4) is 28.8 Å². The van der Waals surface area contributed by atoms with Crippen molar-refractivity contribution >= 4 is 18.2 Å². The number of phenols is 1. The highest BCUT2D eigenvalue weighted by atomic mass is 35.5. The first-order valence-electron chi connectivity index (χ1n) is 9.53. The SMILES string of the molecule is Cl.N#Cc1c(C2CCNCC2)cc(-c2c(O)cccc2OCC2CC2)nc1N. The van der Waals surface area contributed by atoms with Gasteiger partial charge in [0, 0.05) is 0 Å². The number of phenolic OH excluding ortho intramolecular Hbond substituents is 1. The van der Waals surface area contributed by atoms with Crippen LogP contribution in [-0.2, 0) is 0 Å². The smallest absolute Gasteiger partial charge is 0.142 e. The van der Waals surface area contributed by atoms with E-state index in [9.17, 15) is 10.4 Å². The second kappa shape index (κ2) is 8.68. The number of nitrogens with one attached hydrogen (secondary N) is 1. The highest BCUT2D eigenvalue weighted by Gasteiger charge is 2.25. The number of nitrogens with two attached hydrogens (primary N) is 1. The summed E-state index contributed by atoms with van der Waals surface area (Å²) < 4.78 is 5.96. The van der Waals surface area contributed by atoms with E-state index in [-0.39, 0.29) is 29.9 Å². The summed E-state index contributed by atoms with van der Waals surface area (Å²) >= 11 is 0. The molecule has 1 aromatic heterocycles. The summed E-state index contributed by atoms with van der Waals surface area (Å²) in [5.74, 6) is 1.78. The molecule has 2 aromatic rings. The van der Waals surface area contributed by atoms with Crippen LogP contribution in [0.2, 0.25) is 0 Å². The molecule has 148 valence electrons. The molecule has 28 heavy (non-hydrogen) atoms. The van der Waals surface area contributed by atoms with Gasteiger partial charge in [0.2, 0.25) is 0 Å². The topological polar surface area (TPSA) is 104 Å². The number of nitrogens with zero attached hydrogens (tertiary/aromatic N) is 2. The lowest BCUT2D eigenvalue weighted by molar-refractivity contribution is 0.299. The summed E-state index contributed by atoms with van der Waals surface area (Å²) in [7, 11) is 0. The van der Waals surface area contributed by atoms with Crippen LogP contribution in [0, 0.1) is 17.2 Å². The Balaban J connectivity index is 0.00000225. The number of benzene rings is 1. The zero-order valence-corrected chi connectivity index (χ0v) is 16.5. The zero-order valence-electron chi connectivity index (χ0n) is 15.6. The lowest BCUT2D eigenvalue weighted by atomic mass is 9.86. The third kappa shape index (κ3) is 4.16. The molecule has 4 rings (SSSR count). The Bertz CT molecular complexity index is 887. The van der Waals surface area contributed by atoms with Gasteiger partial charge in [-0.2, -0.15) is 5.26 Å². The number of nitrogen functional groups attached to an aromatic ring is 1. The lowest BCUT2D eigenvalue weighted by Gasteiger charge is -2.25. The molecule has 0 atom stereocenters. The summed E-state index contributed by atoms with van der Waals surface area (Å²) in [6.45, 7) is 2.47. The lowest BCUT2D eigenvalue weighted by Crippen LogP contribution is -2.27. The monoisotopic (exact) mass is 400 g/mol. The first-order valence-corrected chi connectivity index (χ1v) is 9.53. The molecule has 0 unspecified atom stereocenters. The van der Waals surface area contributed by atoms with Crippen molar-refractivity contribution in [2.45, 2.75) is 31.6 Å². The van der Waals surface area contributed by atoms with Crippen molar-refractivity contribution in [2.75, 3.05) is 25.4 Å². The van der Waals surface area contributed by atoms with E-state index in [1.165, 1.54) is 12.8 Å². The summed E-state index contributed by atoms with van der Waals surface area (Å²) in [6, 6.07) is 9.36. The van der Waals surface area contributed by atoms with Gasteiger partial charge in [-0.25, -0.2) is 4.98 Å². The van der Waals surface area contributed by atoms with E-state index in [2.05, 4.69) is 16.4 Å². The maximum Gasteiger partial charge on any atom is 0.142 e. The molecule has 1 aliphatic carbocycles. The third-order valence-corrected chi connectivity index (χ3v) is 5.40. The van der Waals surface area contributed by atoms with Gasteiger partial charge in [-0.3, -0.25) is 0 Å². The standard InChI is InChI=1S/C21H24N4O2.ClH/c22-11-16-15(14-6-8-24-9-7-14)10-17(25-21(16)23)20-18(26)2-1-3-19(20)27-12-13-4-5-13;/h1-3,10,13-14,24,26H,4-9,12H2,(H2,23,25);1H. The van der Waals surface area contributed by atoms with Gasteiger partial charge in [0.15, 0.2) is 0 Å². The van der Waals surface area contributed by atoms with Crippen LogP contribution in [0.3, 0.4) is 0 Å². The molecule has 7 heteroatoms. The number of aromatic hydroxyl groups is 1. The van der Waals surface area contributed by atoms with E-state index in [1.54, 1.807) is 12.1 Å².